The van der Waals surface area contributed by atoms with Crippen molar-refractivity contribution < 1.29 is 4.79 Å². The maximum absolute atomic E-state index is 12.2. The number of carbonyl (C=O) groups excluding carboxylic acids is 1. The van der Waals surface area contributed by atoms with E-state index in [0.29, 0.717) is 18.7 Å². The van der Waals surface area contributed by atoms with Crippen molar-refractivity contribution in [1.29, 1.82) is 0 Å². The van der Waals surface area contributed by atoms with E-state index in [0.717, 1.165) is 19.3 Å². The normalized spacial score (nSPS) is 15.2. The fraction of sp³-hybridized carbons (Fsp3) is 0.417. The van der Waals surface area contributed by atoms with Gasteiger partial charge in [0.25, 0.3) is 5.91 Å². The van der Waals surface area contributed by atoms with Crippen molar-refractivity contribution in [3.05, 3.63) is 33.6 Å². The van der Waals surface area contributed by atoms with E-state index in [-0.39, 0.29) is 17.3 Å². The molecule has 0 saturated carbocycles. The highest BCUT2D eigenvalue weighted by Gasteiger charge is 2.19. The summed E-state index contributed by atoms with van der Waals surface area (Å²) in [6.45, 7) is 1.42. The molecule has 1 aliphatic heterocycles. The lowest BCUT2D eigenvalue weighted by Crippen LogP contribution is -2.35. The molecule has 2 rings (SSSR count). The summed E-state index contributed by atoms with van der Waals surface area (Å²) in [5, 5.41) is 5.50. The van der Waals surface area contributed by atoms with Gasteiger partial charge >= 0.3 is 0 Å². The Bertz CT molecular complexity index is 455. The molecule has 6 nitrogen and oxygen atoms in total. The van der Waals surface area contributed by atoms with Gasteiger partial charge in [0, 0.05) is 18.7 Å². The van der Waals surface area contributed by atoms with E-state index in [1.807, 2.05) is 0 Å². The fourth-order valence-electron chi connectivity index (χ4n) is 2.10. The van der Waals surface area contributed by atoms with Crippen LogP contribution in [-0.2, 0) is 0 Å². The third-order valence-electron chi connectivity index (χ3n) is 3.00. The number of carbonyl (C=O) groups is 1. The number of hydrogen-bond acceptors (Lipinski definition) is 5. The molecule has 0 aliphatic carbocycles. The number of nitrogens with zero attached hydrogens (tertiary/aromatic N) is 3. The van der Waals surface area contributed by atoms with Crippen LogP contribution in [0.3, 0.4) is 0 Å². The first kappa shape index (κ1) is 12.3. The Morgan fingerprint density at radius 1 is 0.944 bits per heavy atom. The summed E-state index contributed by atoms with van der Waals surface area (Å²) in [7, 11) is 0. The Hall–Kier alpha value is -2.11. The highest BCUT2D eigenvalue weighted by atomic mass is 16.3. The molecule has 6 heteroatoms. The molecule has 0 bridgehead atoms. The van der Waals surface area contributed by atoms with Gasteiger partial charge in [-0.05, 0) is 47.8 Å². The lowest BCUT2D eigenvalue weighted by molar-refractivity contribution is 0.0724. The second kappa shape index (κ2) is 5.48. The lowest BCUT2D eigenvalue weighted by atomic mass is 10.1. The maximum atomic E-state index is 12.2. The molecule has 94 valence electrons. The van der Waals surface area contributed by atoms with Crippen LogP contribution in [0.4, 0.5) is 11.4 Å². The first-order valence-electron chi connectivity index (χ1n) is 5.85. The lowest BCUT2D eigenvalue weighted by Gasteiger charge is -2.26. The molecule has 1 aliphatic rings. The molecule has 1 saturated heterocycles. The number of hydrogen-bond donors (Lipinski definition) is 0. The topological polar surface area (TPSA) is 79.2 Å². The summed E-state index contributed by atoms with van der Waals surface area (Å²) < 4.78 is 0. The van der Waals surface area contributed by atoms with Gasteiger partial charge in [-0.1, -0.05) is 0 Å². The molecular formula is C12H13N3O3. The van der Waals surface area contributed by atoms with E-state index >= 15 is 0 Å². The van der Waals surface area contributed by atoms with Crippen molar-refractivity contribution in [2.45, 2.75) is 19.3 Å². The third kappa shape index (κ3) is 2.58. The Morgan fingerprint density at radius 3 is 2.00 bits per heavy atom. The van der Waals surface area contributed by atoms with Crippen LogP contribution in [-0.4, -0.2) is 23.9 Å². The highest BCUT2D eigenvalue weighted by molar-refractivity contribution is 5.96. The SMILES string of the molecule is O=Nc1cc(N=O)cc(C(=O)N2CCCCC2)c1. The Labute approximate surface area is 104 Å². The second-order valence-electron chi connectivity index (χ2n) is 4.27. The van der Waals surface area contributed by atoms with Gasteiger partial charge < -0.3 is 4.90 Å². The molecule has 18 heavy (non-hydrogen) atoms. The fourth-order valence-corrected chi connectivity index (χ4v) is 2.10. The summed E-state index contributed by atoms with van der Waals surface area (Å²) in [6, 6.07) is 4.03. The minimum absolute atomic E-state index is 0.0486. The highest BCUT2D eigenvalue weighted by Crippen LogP contribution is 2.25. The van der Waals surface area contributed by atoms with Crippen LogP contribution in [0.1, 0.15) is 29.6 Å². The van der Waals surface area contributed by atoms with Gasteiger partial charge in [0.15, 0.2) is 0 Å². The Kier molecular flexibility index (Phi) is 3.76. The van der Waals surface area contributed by atoms with E-state index in [2.05, 4.69) is 10.4 Å². The largest absolute Gasteiger partial charge is 0.339 e. The van der Waals surface area contributed by atoms with E-state index in [1.54, 1.807) is 4.90 Å². The van der Waals surface area contributed by atoms with Crippen LogP contribution in [0.25, 0.3) is 0 Å². The quantitative estimate of drug-likeness (QED) is 0.769. The zero-order valence-corrected chi connectivity index (χ0v) is 9.83. The van der Waals surface area contributed by atoms with Crippen molar-refractivity contribution in [2.75, 3.05) is 13.1 Å². The summed E-state index contributed by atoms with van der Waals surface area (Å²) in [4.78, 5) is 34.9. The molecule has 1 aromatic rings. The van der Waals surface area contributed by atoms with E-state index < -0.39 is 0 Å². The molecule has 0 atom stereocenters. The molecule has 0 N–H and O–H groups in total. The maximum Gasteiger partial charge on any atom is 0.254 e. The zero-order chi connectivity index (χ0) is 13.0. The first-order valence-corrected chi connectivity index (χ1v) is 5.85. The van der Waals surface area contributed by atoms with Gasteiger partial charge in [0.05, 0.1) is 0 Å². The van der Waals surface area contributed by atoms with Gasteiger partial charge in [0.2, 0.25) is 0 Å². The molecule has 1 amide bonds. The number of likely N-dealkylation sites (tertiary alicyclic amines) is 1. The number of nitroso groups, excluding NO2 is 2. The predicted octanol–water partition coefficient (Wildman–Crippen LogP) is 3.11. The molecule has 1 aromatic carbocycles. The summed E-state index contributed by atoms with van der Waals surface area (Å²) in [5.74, 6) is -0.176. The van der Waals surface area contributed by atoms with Gasteiger partial charge in [-0.3, -0.25) is 4.79 Å². The Morgan fingerprint density at radius 2 is 1.50 bits per heavy atom. The van der Waals surface area contributed by atoms with Gasteiger partial charge in [-0.2, -0.15) is 0 Å². The van der Waals surface area contributed by atoms with Crippen LogP contribution < -0.4 is 0 Å². The Balaban J connectivity index is 2.28. The summed E-state index contributed by atoms with van der Waals surface area (Å²) in [5.41, 5.74) is 0.392. The average molecular weight is 247 g/mol. The molecule has 0 spiro atoms. The van der Waals surface area contributed by atoms with Gasteiger partial charge in [-0.15, -0.1) is 9.81 Å². The average Bonchev–Trinajstić information content (AvgIpc) is 2.46. The van der Waals surface area contributed by atoms with Crippen LogP contribution in [0.2, 0.25) is 0 Å². The smallest absolute Gasteiger partial charge is 0.254 e. The zero-order valence-electron chi connectivity index (χ0n) is 9.83. The minimum atomic E-state index is -0.176. The van der Waals surface area contributed by atoms with Gasteiger partial charge in [0.1, 0.15) is 11.4 Å². The van der Waals surface area contributed by atoms with Crippen LogP contribution in [0.5, 0.6) is 0 Å². The van der Waals surface area contributed by atoms with Crippen LogP contribution in [0.15, 0.2) is 28.6 Å². The van der Waals surface area contributed by atoms with Crippen LogP contribution in [0, 0.1) is 9.81 Å². The molecule has 1 heterocycles. The molecular weight excluding hydrogens is 234 g/mol. The number of amides is 1. The molecule has 0 aromatic heterocycles. The van der Waals surface area contributed by atoms with Crippen LogP contribution >= 0.6 is 0 Å². The summed E-state index contributed by atoms with van der Waals surface area (Å²) in [6.07, 6.45) is 3.09. The van der Waals surface area contributed by atoms with E-state index in [1.165, 1.54) is 18.2 Å². The van der Waals surface area contributed by atoms with Crippen molar-refractivity contribution in [1.82, 2.24) is 4.90 Å². The number of rotatable bonds is 3. The molecule has 0 unspecified atom stereocenters. The second-order valence-corrected chi connectivity index (χ2v) is 4.27. The molecule has 1 fully saturated rings. The first-order chi connectivity index (χ1) is 8.74. The number of piperidine rings is 1. The monoisotopic (exact) mass is 247 g/mol. The van der Waals surface area contributed by atoms with Crippen molar-refractivity contribution in [2.24, 2.45) is 10.4 Å². The third-order valence-corrected chi connectivity index (χ3v) is 3.00. The van der Waals surface area contributed by atoms with E-state index in [9.17, 15) is 14.6 Å². The summed E-state index contributed by atoms with van der Waals surface area (Å²) >= 11 is 0. The predicted molar refractivity (Wildman–Crippen MR) is 67.1 cm³/mol. The van der Waals surface area contributed by atoms with Gasteiger partial charge in [-0.25, -0.2) is 0 Å². The number of benzene rings is 1. The van der Waals surface area contributed by atoms with Crippen molar-refractivity contribution in [3.63, 3.8) is 0 Å². The van der Waals surface area contributed by atoms with Crippen molar-refractivity contribution in [3.8, 4) is 0 Å². The van der Waals surface area contributed by atoms with E-state index in [4.69, 9.17) is 0 Å². The molecule has 0 radical (unpaired) electrons. The van der Waals surface area contributed by atoms with Crippen molar-refractivity contribution >= 4 is 17.3 Å². The minimum Gasteiger partial charge on any atom is -0.339 e. The standard InChI is InChI=1S/C12H13N3O3/c16-12(15-4-2-1-3-5-15)9-6-10(13-17)8-11(7-9)14-18/h6-8H,1-5H2.